The van der Waals surface area contributed by atoms with Crippen LogP contribution in [0.5, 0.6) is 5.75 Å². The molecule has 5 heteroatoms. The SMILES string of the molecule is CN1CC[C@]2(C)c3cc(OC(=O)Nc4ccccc4)ccc3N[C@H]12. The maximum absolute atomic E-state index is 12.1. The van der Waals surface area contributed by atoms with Gasteiger partial charge < -0.3 is 10.1 Å². The zero-order valence-electron chi connectivity index (χ0n) is 13.9. The van der Waals surface area contributed by atoms with Crippen LogP contribution < -0.4 is 15.4 Å². The quantitative estimate of drug-likeness (QED) is 0.886. The van der Waals surface area contributed by atoms with Gasteiger partial charge in [0.1, 0.15) is 5.75 Å². The van der Waals surface area contributed by atoms with Crippen LogP contribution in [0.3, 0.4) is 0 Å². The molecular weight excluding hydrogens is 302 g/mol. The molecule has 0 spiro atoms. The van der Waals surface area contributed by atoms with E-state index in [1.807, 2.05) is 48.5 Å². The summed E-state index contributed by atoms with van der Waals surface area (Å²) < 4.78 is 5.47. The third-order valence-corrected chi connectivity index (χ3v) is 5.16. The van der Waals surface area contributed by atoms with Gasteiger partial charge in [0, 0.05) is 23.3 Å². The summed E-state index contributed by atoms with van der Waals surface area (Å²) in [5.41, 5.74) is 3.13. The number of amides is 1. The minimum Gasteiger partial charge on any atom is -0.410 e. The standard InChI is InChI=1S/C19H21N3O2/c1-19-10-11-22(2)17(19)21-16-9-8-14(12-15(16)19)24-18(23)20-13-6-4-3-5-7-13/h3-9,12,17,21H,10-11H2,1-2H3,(H,20,23)/t17-,19-/m1/s1. The number of anilines is 2. The van der Waals surface area contributed by atoms with Crippen molar-refractivity contribution in [2.24, 2.45) is 0 Å². The lowest BCUT2D eigenvalue weighted by atomic mass is 9.81. The maximum Gasteiger partial charge on any atom is 0.417 e. The fourth-order valence-corrected chi connectivity index (χ4v) is 3.82. The highest BCUT2D eigenvalue weighted by Crippen LogP contribution is 2.48. The van der Waals surface area contributed by atoms with Gasteiger partial charge in [-0.05, 0) is 49.4 Å². The molecule has 0 saturated carbocycles. The van der Waals surface area contributed by atoms with E-state index in [4.69, 9.17) is 4.74 Å². The fourth-order valence-electron chi connectivity index (χ4n) is 3.82. The van der Waals surface area contributed by atoms with E-state index < -0.39 is 6.09 Å². The van der Waals surface area contributed by atoms with Gasteiger partial charge in [0.15, 0.2) is 0 Å². The molecule has 1 saturated heterocycles. The van der Waals surface area contributed by atoms with Gasteiger partial charge in [0.25, 0.3) is 0 Å². The normalized spacial score (nSPS) is 24.8. The third kappa shape index (κ3) is 2.41. The molecule has 0 bridgehead atoms. The van der Waals surface area contributed by atoms with Crippen molar-refractivity contribution < 1.29 is 9.53 Å². The number of nitrogens with zero attached hydrogens (tertiary/aromatic N) is 1. The van der Waals surface area contributed by atoms with Crippen LogP contribution >= 0.6 is 0 Å². The second-order valence-corrected chi connectivity index (χ2v) is 6.78. The first-order valence-corrected chi connectivity index (χ1v) is 8.21. The van der Waals surface area contributed by atoms with Crippen molar-refractivity contribution in [3.05, 3.63) is 54.1 Å². The Hall–Kier alpha value is -2.53. The molecule has 2 aromatic carbocycles. The fraction of sp³-hybridized carbons (Fsp3) is 0.316. The highest BCUT2D eigenvalue weighted by molar-refractivity contribution is 5.86. The zero-order valence-corrected chi connectivity index (χ0v) is 13.9. The van der Waals surface area contributed by atoms with Gasteiger partial charge in [-0.3, -0.25) is 10.2 Å². The van der Waals surface area contributed by atoms with Crippen LogP contribution in [0, 0.1) is 0 Å². The summed E-state index contributed by atoms with van der Waals surface area (Å²) in [5.74, 6) is 0.570. The summed E-state index contributed by atoms with van der Waals surface area (Å²) in [7, 11) is 2.14. The largest absolute Gasteiger partial charge is 0.417 e. The Labute approximate surface area is 141 Å². The third-order valence-electron chi connectivity index (χ3n) is 5.16. The first kappa shape index (κ1) is 15.0. The summed E-state index contributed by atoms with van der Waals surface area (Å²) in [4.78, 5) is 14.4. The van der Waals surface area contributed by atoms with Crippen LogP contribution in [0.4, 0.5) is 16.2 Å². The molecule has 4 rings (SSSR count). The minimum absolute atomic E-state index is 0.0549. The number of benzene rings is 2. The second kappa shape index (κ2) is 5.53. The maximum atomic E-state index is 12.1. The number of likely N-dealkylation sites (N-methyl/N-ethyl adjacent to an activating group) is 1. The van der Waals surface area contributed by atoms with E-state index in [0.717, 1.165) is 24.3 Å². The van der Waals surface area contributed by atoms with E-state index in [0.29, 0.717) is 11.9 Å². The van der Waals surface area contributed by atoms with Gasteiger partial charge in [-0.15, -0.1) is 0 Å². The van der Waals surface area contributed by atoms with E-state index in [2.05, 4.69) is 29.5 Å². The Bertz CT molecular complexity index is 777. The van der Waals surface area contributed by atoms with Crippen molar-refractivity contribution in [1.29, 1.82) is 0 Å². The molecule has 1 fully saturated rings. The number of hydrogen-bond donors (Lipinski definition) is 2. The highest BCUT2D eigenvalue weighted by Gasteiger charge is 2.49. The van der Waals surface area contributed by atoms with Crippen LogP contribution in [0.1, 0.15) is 18.9 Å². The lowest BCUT2D eigenvalue weighted by Crippen LogP contribution is -2.39. The van der Waals surface area contributed by atoms with Crippen molar-refractivity contribution in [3.8, 4) is 5.75 Å². The second-order valence-electron chi connectivity index (χ2n) is 6.78. The molecule has 1 amide bonds. The molecule has 0 aromatic heterocycles. The molecule has 2 atom stereocenters. The molecule has 124 valence electrons. The minimum atomic E-state index is -0.475. The number of para-hydroxylation sites is 1. The Kier molecular flexibility index (Phi) is 3.46. The molecule has 24 heavy (non-hydrogen) atoms. The van der Waals surface area contributed by atoms with Gasteiger partial charge in [0.2, 0.25) is 0 Å². The highest BCUT2D eigenvalue weighted by atomic mass is 16.6. The van der Waals surface area contributed by atoms with Crippen LogP contribution in [0.15, 0.2) is 48.5 Å². The Balaban J connectivity index is 1.53. The lowest BCUT2D eigenvalue weighted by Gasteiger charge is -2.27. The zero-order chi connectivity index (χ0) is 16.7. The van der Waals surface area contributed by atoms with Gasteiger partial charge in [-0.2, -0.15) is 0 Å². The monoisotopic (exact) mass is 323 g/mol. The number of ether oxygens (including phenoxy) is 1. The number of likely N-dealkylation sites (tertiary alicyclic amines) is 1. The Morgan fingerprint density at radius 2 is 2.08 bits per heavy atom. The number of rotatable bonds is 2. The summed E-state index contributed by atoms with van der Waals surface area (Å²) in [6, 6.07) is 15.1. The van der Waals surface area contributed by atoms with Crippen LogP contribution in [-0.2, 0) is 5.41 Å². The molecule has 2 aliphatic rings. The Morgan fingerprint density at radius 3 is 2.88 bits per heavy atom. The average Bonchev–Trinajstić information content (AvgIpc) is 3.02. The lowest BCUT2D eigenvalue weighted by molar-refractivity contribution is 0.215. The van der Waals surface area contributed by atoms with E-state index in [1.54, 1.807) is 0 Å². The predicted octanol–water partition coefficient (Wildman–Crippen LogP) is 3.64. The molecular formula is C19H21N3O2. The van der Waals surface area contributed by atoms with Crippen LogP contribution in [0.25, 0.3) is 0 Å². The van der Waals surface area contributed by atoms with Crippen molar-refractivity contribution in [1.82, 2.24) is 4.90 Å². The molecule has 2 aromatic rings. The average molecular weight is 323 g/mol. The van der Waals surface area contributed by atoms with E-state index >= 15 is 0 Å². The number of fused-ring (bicyclic) bond motifs is 3. The summed E-state index contributed by atoms with van der Waals surface area (Å²) >= 11 is 0. The van der Waals surface area contributed by atoms with Crippen molar-refractivity contribution in [3.63, 3.8) is 0 Å². The number of carbonyl (C=O) groups excluding carboxylic acids is 1. The van der Waals surface area contributed by atoms with E-state index in [9.17, 15) is 4.79 Å². The molecule has 0 radical (unpaired) electrons. The Morgan fingerprint density at radius 1 is 1.29 bits per heavy atom. The molecule has 5 nitrogen and oxygen atoms in total. The molecule has 2 heterocycles. The smallest absolute Gasteiger partial charge is 0.410 e. The summed E-state index contributed by atoms with van der Waals surface area (Å²) in [5, 5.41) is 6.31. The van der Waals surface area contributed by atoms with Crippen LogP contribution in [-0.4, -0.2) is 30.8 Å². The summed E-state index contributed by atoms with van der Waals surface area (Å²) in [6.45, 7) is 3.33. The van der Waals surface area contributed by atoms with E-state index in [-0.39, 0.29) is 5.41 Å². The molecule has 0 unspecified atom stereocenters. The number of hydrogen-bond acceptors (Lipinski definition) is 4. The summed E-state index contributed by atoms with van der Waals surface area (Å²) in [6.07, 6.45) is 0.923. The van der Waals surface area contributed by atoms with Gasteiger partial charge in [0.05, 0.1) is 6.17 Å². The topological polar surface area (TPSA) is 53.6 Å². The van der Waals surface area contributed by atoms with Crippen molar-refractivity contribution in [2.45, 2.75) is 24.9 Å². The van der Waals surface area contributed by atoms with Gasteiger partial charge >= 0.3 is 6.09 Å². The first-order valence-electron chi connectivity index (χ1n) is 8.21. The van der Waals surface area contributed by atoms with Gasteiger partial charge in [-0.1, -0.05) is 25.1 Å². The van der Waals surface area contributed by atoms with Crippen molar-refractivity contribution >= 4 is 17.5 Å². The number of carbonyl (C=O) groups is 1. The van der Waals surface area contributed by atoms with Crippen molar-refractivity contribution in [2.75, 3.05) is 24.2 Å². The molecule has 2 N–H and O–H groups in total. The predicted molar refractivity (Wildman–Crippen MR) is 94.5 cm³/mol. The number of nitrogens with one attached hydrogen (secondary N) is 2. The van der Waals surface area contributed by atoms with E-state index in [1.165, 1.54) is 5.56 Å². The molecule has 2 aliphatic heterocycles. The first-order chi connectivity index (χ1) is 11.6. The molecule has 0 aliphatic carbocycles. The van der Waals surface area contributed by atoms with Gasteiger partial charge in [-0.25, -0.2) is 4.79 Å². The van der Waals surface area contributed by atoms with Crippen LogP contribution in [0.2, 0.25) is 0 Å².